The highest BCUT2D eigenvalue weighted by molar-refractivity contribution is 7.16. The van der Waals surface area contributed by atoms with E-state index in [9.17, 15) is 9.59 Å². The molecule has 0 aromatic carbocycles. The highest BCUT2D eigenvalue weighted by atomic mass is 32.1. The van der Waals surface area contributed by atoms with E-state index in [0.717, 1.165) is 4.83 Å². The summed E-state index contributed by atoms with van der Waals surface area (Å²) in [5, 5.41) is 5.10. The first-order chi connectivity index (χ1) is 8.72. The lowest BCUT2D eigenvalue weighted by Crippen LogP contribution is -2.27. The largest absolute Gasteiger partial charge is 0.353 e. The van der Waals surface area contributed by atoms with Crippen LogP contribution in [-0.2, 0) is 11.3 Å². The molecule has 2 heterocycles. The molecule has 18 heavy (non-hydrogen) atoms. The third-order valence-electron chi connectivity index (χ3n) is 2.47. The van der Waals surface area contributed by atoms with Gasteiger partial charge in [-0.1, -0.05) is 6.08 Å². The second-order valence-electron chi connectivity index (χ2n) is 3.73. The molecule has 0 aliphatic heterocycles. The molecule has 1 N–H and O–H groups in total. The summed E-state index contributed by atoms with van der Waals surface area (Å²) in [6.07, 6.45) is 3.36. The van der Waals surface area contributed by atoms with E-state index < -0.39 is 0 Å². The van der Waals surface area contributed by atoms with Crippen molar-refractivity contribution in [2.45, 2.75) is 13.0 Å². The number of rotatable bonds is 5. The van der Waals surface area contributed by atoms with Gasteiger partial charge in [0.05, 0.1) is 11.7 Å². The fourth-order valence-corrected chi connectivity index (χ4v) is 2.27. The van der Waals surface area contributed by atoms with Crippen LogP contribution in [0, 0.1) is 0 Å². The zero-order valence-electron chi connectivity index (χ0n) is 9.76. The Balaban J connectivity index is 2.08. The molecule has 0 aliphatic rings. The van der Waals surface area contributed by atoms with E-state index in [1.165, 1.54) is 22.2 Å². The molecule has 1 amide bonds. The first-order valence-electron chi connectivity index (χ1n) is 5.52. The zero-order chi connectivity index (χ0) is 13.0. The predicted molar refractivity (Wildman–Crippen MR) is 71.7 cm³/mol. The maximum absolute atomic E-state index is 12.0. The molecule has 0 atom stereocenters. The Morgan fingerprint density at radius 2 is 2.44 bits per heavy atom. The van der Waals surface area contributed by atoms with Gasteiger partial charge in [-0.15, -0.1) is 17.9 Å². The summed E-state index contributed by atoms with van der Waals surface area (Å²) in [6.45, 7) is 4.29. The molecule has 0 spiro atoms. The highest BCUT2D eigenvalue weighted by Crippen LogP contribution is 2.13. The second-order valence-corrected chi connectivity index (χ2v) is 4.62. The van der Waals surface area contributed by atoms with Gasteiger partial charge in [-0.05, 0) is 11.4 Å². The normalized spacial score (nSPS) is 10.4. The Morgan fingerprint density at radius 3 is 3.22 bits per heavy atom. The molecule has 0 unspecified atom stereocenters. The van der Waals surface area contributed by atoms with E-state index in [1.54, 1.807) is 12.1 Å². The van der Waals surface area contributed by atoms with Gasteiger partial charge < -0.3 is 5.32 Å². The molecule has 0 fully saturated rings. The lowest BCUT2D eigenvalue weighted by atomic mass is 10.3. The molecule has 0 radical (unpaired) electrons. The van der Waals surface area contributed by atoms with Crippen LogP contribution in [0.5, 0.6) is 0 Å². The Hall–Kier alpha value is -1.95. The summed E-state index contributed by atoms with van der Waals surface area (Å²) in [6, 6.07) is 1.75. The number of hydrogen-bond acceptors (Lipinski definition) is 4. The van der Waals surface area contributed by atoms with Crippen molar-refractivity contribution in [3.63, 3.8) is 0 Å². The molecule has 0 bridgehead atoms. The molecular weight excluding hydrogens is 250 g/mol. The van der Waals surface area contributed by atoms with Gasteiger partial charge in [0, 0.05) is 19.5 Å². The fraction of sp³-hybridized carbons (Fsp3) is 0.250. The van der Waals surface area contributed by atoms with Gasteiger partial charge in [0.25, 0.3) is 5.56 Å². The number of carbonyl (C=O) groups excluding carboxylic acids is 1. The lowest BCUT2D eigenvalue weighted by Gasteiger charge is -2.05. The van der Waals surface area contributed by atoms with Crippen molar-refractivity contribution < 1.29 is 4.79 Å². The van der Waals surface area contributed by atoms with Gasteiger partial charge in [0.1, 0.15) is 4.83 Å². The summed E-state index contributed by atoms with van der Waals surface area (Å²) in [5.41, 5.74) is -0.0993. The topological polar surface area (TPSA) is 64.0 Å². The van der Waals surface area contributed by atoms with E-state index in [-0.39, 0.29) is 17.9 Å². The van der Waals surface area contributed by atoms with E-state index in [2.05, 4.69) is 16.9 Å². The van der Waals surface area contributed by atoms with Crippen molar-refractivity contribution in [3.8, 4) is 0 Å². The summed E-state index contributed by atoms with van der Waals surface area (Å²) in [5.74, 6) is -0.104. The van der Waals surface area contributed by atoms with Gasteiger partial charge in [0.2, 0.25) is 5.91 Å². The van der Waals surface area contributed by atoms with Gasteiger partial charge in [0.15, 0.2) is 0 Å². The molecule has 5 nitrogen and oxygen atoms in total. The minimum absolute atomic E-state index is 0.0993. The van der Waals surface area contributed by atoms with Crippen LogP contribution in [0.1, 0.15) is 6.42 Å². The summed E-state index contributed by atoms with van der Waals surface area (Å²) in [4.78, 5) is 28.3. The van der Waals surface area contributed by atoms with Crippen molar-refractivity contribution in [2.24, 2.45) is 0 Å². The Morgan fingerprint density at radius 1 is 1.61 bits per heavy atom. The monoisotopic (exact) mass is 263 g/mol. The second kappa shape index (κ2) is 5.59. The molecule has 0 aliphatic carbocycles. The highest BCUT2D eigenvalue weighted by Gasteiger charge is 2.06. The molecule has 94 valence electrons. The number of hydrogen-bond donors (Lipinski definition) is 1. The quantitative estimate of drug-likeness (QED) is 0.823. The lowest BCUT2D eigenvalue weighted by molar-refractivity contribution is -0.121. The van der Waals surface area contributed by atoms with Crippen LogP contribution in [0.4, 0.5) is 0 Å². The van der Waals surface area contributed by atoms with Crippen LogP contribution in [0.15, 0.2) is 35.2 Å². The SMILES string of the molecule is C=CCNC(=O)CCn1cnc2sccc2c1=O. The number of fused-ring (bicyclic) bond motifs is 1. The number of carbonyl (C=O) groups is 1. The van der Waals surface area contributed by atoms with Crippen molar-refractivity contribution in [2.75, 3.05) is 6.54 Å². The summed E-state index contributed by atoms with van der Waals surface area (Å²) >= 11 is 1.43. The number of thiophene rings is 1. The molecule has 0 saturated carbocycles. The van der Waals surface area contributed by atoms with Gasteiger partial charge in [-0.2, -0.15) is 0 Å². The van der Waals surface area contributed by atoms with Crippen molar-refractivity contribution in [1.82, 2.24) is 14.9 Å². The minimum atomic E-state index is -0.104. The van der Waals surface area contributed by atoms with Crippen LogP contribution in [-0.4, -0.2) is 22.0 Å². The number of amides is 1. The van der Waals surface area contributed by atoms with Crippen LogP contribution in [0.2, 0.25) is 0 Å². The number of nitrogens with zero attached hydrogens (tertiary/aromatic N) is 2. The minimum Gasteiger partial charge on any atom is -0.353 e. The standard InChI is InChI=1S/C12H13N3O2S/c1-2-5-13-10(16)3-6-15-8-14-11-9(12(15)17)4-7-18-11/h2,4,7-8H,1,3,5-6H2,(H,13,16). The zero-order valence-corrected chi connectivity index (χ0v) is 10.6. The van der Waals surface area contributed by atoms with Gasteiger partial charge in [-0.25, -0.2) is 4.98 Å². The van der Waals surface area contributed by atoms with Crippen molar-refractivity contribution >= 4 is 27.5 Å². The fourth-order valence-electron chi connectivity index (χ4n) is 1.55. The van der Waals surface area contributed by atoms with Crippen LogP contribution < -0.4 is 10.9 Å². The number of nitrogens with one attached hydrogen (secondary N) is 1. The smallest absolute Gasteiger partial charge is 0.262 e. The van der Waals surface area contributed by atoms with Crippen molar-refractivity contribution in [3.05, 3.63) is 40.8 Å². The van der Waals surface area contributed by atoms with E-state index >= 15 is 0 Å². The van der Waals surface area contributed by atoms with Gasteiger partial charge in [-0.3, -0.25) is 14.2 Å². The maximum atomic E-state index is 12.0. The van der Waals surface area contributed by atoms with E-state index in [0.29, 0.717) is 18.5 Å². The molecule has 2 rings (SSSR count). The Labute approximate surface area is 108 Å². The molecular formula is C12H13N3O2S. The van der Waals surface area contributed by atoms with E-state index in [1.807, 2.05) is 5.38 Å². The average molecular weight is 263 g/mol. The average Bonchev–Trinajstić information content (AvgIpc) is 2.84. The first-order valence-corrected chi connectivity index (χ1v) is 6.40. The van der Waals surface area contributed by atoms with Crippen LogP contribution in [0.25, 0.3) is 10.2 Å². The number of aryl methyl sites for hydroxylation is 1. The Bertz CT molecular complexity index is 630. The van der Waals surface area contributed by atoms with Crippen LogP contribution >= 0.6 is 11.3 Å². The van der Waals surface area contributed by atoms with Crippen molar-refractivity contribution in [1.29, 1.82) is 0 Å². The molecule has 2 aromatic heterocycles. The maximum Gasteiger partial charge on any atom is 0.262 e. The summed E-state index contributed by atoms with van der Waals surface area (Å²) in [7, 11) is 0. The predicted octanol–water partition coefficient (Wildman–Crippen LogP) is 1.15. The third kappa shape index (κ3) is 2.65. The number of aromatic nitrogens is 2. The third-order valence-corrected chi connectivity index (χ3v) is 3.29. The van der Waals surface area contributed by atoms with Gasteiger partial charge >= 0.3 is 0 Å². The first kappa shape index (κ1) is 12.5. The van der Waals surface area contributed by atoms with Crippen LogP contribution in [0.3, 0.4) is 0 Å². The van der Waals surface area contributed by atoms with E-state index in [4.69, 9.17) is 0 Å². The summed E-state index contributed by atoms with van der Waals surface area (Å²) < 4.78 is 1.46. The Kier molecular flexibility index (Phi) is 3.88. The molecule has 2 aromatic rings. The molecule has 6 heteroatoms. The molecule has 0 saturated heterocycles.